The number of aliphatic hydroxyl groups excluding tert-OH is 1. The molecule has 3 N–H and O–H groups in total. The Morgan fingerprint density at radius 3 is 2.82 bits per heavy atom. The number of nitrogens with zero attached hydrogens (tertiary/aromatic N) is 1. The lowest BCUT2D eigenvalue weighted by Crippen LogP contribution is -2.15. The summed E-state index contributed by atoms with van der Waals surface area (Å²) in [6, 6.07) is 1.98. The van der Waals surface area contributed by atoms with E-state index >= 15 is 0 Å². The minimum atomic E-state index is 0.0937. The smallest absolute Gasteiger partial charge is 0.0512 e. The maximum absolute atomic E-state index is 8.90. The summed E-state index contributed by atoms with van der Waals surface area (Å²) in [5.41, 5.74) is 6.56. The van der Waals surface area contributed by atoms with Crippen LogP contribution in [0.2, 0.25) is 0 Å². The molecule has 1 rings (SSSR count). The average Bonchev–Trinajstić information content (AvgIpc) is 2.39. The lowest BCUT2D eigenvalue weighted by molar-refractivity contribution is 0.268. The number of nitrogens with two attached hydrogens (primary N) is 1. The van der Waals surface area contributed by atoms with Crippen LogP contribution in [0.25, 0.3) is 0 Å². The molecule has 1 heterocycles. The van der Waals surface area contributed by atoms with Crippen molar-refractivity contribution in [3.63, 3.8) is 0 Å². The van der Waals surface area contributed by atoms with E-state index in [2.05, 4.69) is 0 Å². The Morgan fingerprint density at radius 2 is 2.45 bits per heavy atom. The fraction of sp³-hybridized carbons (Fsp3) is 0.500. The molecular weight excluding hydrogens is 140 g/mol. The van der Waals surface area contributed by atoms with E-state index in [0.29, 0.717) is 6.54 Å². The molecule has 1 atom stereocenters. The van der Waals surface area contributed by atoms with Gasteiger partial charge < -0.3 is 15.4 Å². The van der Waals surface area contributed by atoms with Crippen LogP contribution in [0.3, 0.4) is 0 Å². The molecule has 0 aromatic carbocycles. The Morgan fingerprint density at radius 1 is 1.73 bits per heavy atom. The first-order valence-corrected chi connectivity index (χ1v) is 3.70. The van der Waals surface area contributed by atoms with Crippen molar-refractivity contribution >= 4 is 0 Å². The van der Waals surface area contributed by atoms with E-state index in [9.17, 15) is 0 Å². The monoisotopic (exact) mass is 154 g/mol. The van der Waals surface area contributed by atoms with E-state index in [4.69, 9.17) is 10.8 Å². The average molecular weight is 154 g/mol. The van der Waals surface area contributed by atoms with Gasteiger partial charge in [0.2, 0.25) is 0 Å². The van der Waals surface area contributed by atoms with Crippen LogP contribution in [-0.4, -0.2) is 22.8 Å². The summed E-state index contributed by atoms with van der Waals surface area (Å²) < 4.78 is 1.95. The van der Waals surface area contributed by atoms with Crippen LogP contribution in [0.1, 0.15) is 11.5 Å². The molecule has 0 saturated heterocycles. The van der Waals surface area contributed by atoms with E-state index < -0.39 is 0 Å². The summed E-state index contributed by atoms with van der Waals surface area (Å²) in [6.07, 6.45) is 3.93. The van der Waals surface area contributed by atoms with Gasteiger partial charge in [0.25, 0.3) is 0 Å². The summed E-state index contributed by atoms with van der Waals surface area (Å²) in [5, 5.41) is 8.90. The summed E-state index contributed by atoms with van der Waals surface area (Å²) in [7, 11) is 1.95. The highest BCUT2D eigenvalue weighted by Crippen LogP contribution is 2.12. The number of hydrogen-bond donors (Lipinski definition) is 2. The van der Waals surface area contributed by atoms with Crippen LogP contribution in [-0.2, 0) is 7.05 Å². The second-order valence-electron chi connectivity index (χ2n) is 2.73. The standard InChI is InChI=1S/C8H14N2O/c1-10-3-2-7(5-10)8(4-9)6-11/h2-3,5,8,11H,4,6,9H2,1H3. The van der Waals surface area contributed by atoms with Crippen molar-refractivity contribution in [3.8, 4) is 0 Å². The van der Waals surface area contributed by atoms with Crippen molar-refractivity contribution in [3.05, 3.63) is 24.0 Å². The van der Waals surface area contributed by atoms with E-state index in [1.54, 1.807) is 0 Å². The molecule has 1 unspecified atom stereocenters. The number of aryl methyl sites for hydroxylation is 1. The molecule has 11 heavy (non-hydrogen) atoms. The number of aliphatic hydroxyl groups is 1. The van der Waals surface area contributed by atoms with Gasteiger partial charge in [0.15, 0.2) is 0 Å². The molecule has 1 aromatic rings. The molecule has 0 saturated carbocycles. The van der Waals surface area contributed by atoms with Gasteiger partial charge in [-0.15, -0.1) is 0 Å². The lowest BCUT2D eigenvalue weighted by Gasteiger charge is -2.07. The van der Waals surface area contributed by atoms with E-state index in [0.717, 1.165) is 5.56 Å². The van der Waals surface area contributed by atoms with E-state index in [-0.39, 0.29) is 12.5 Å². The largest absolute Gasteiger partial charge is 0.396 e. The molecule has 1 aromatic heterocycles. The second kappa shape index (κ2) is 3.55. The molecule has 0 amide bonds. The Kier molecular flexibility index (Phi) is 2.68. The molecule has 0 radical (unpaired) electrons. The first kappa shape index (κ1) is 8.30. The van der Waals surface area contributed by atoms with Gasteiger partial charge in [0, 0.05) is 31.9 Å². The van der Waals surface area contributed by atoms with E-state index in [1.165, 1.54) is 0 Å². The quantitative estimate of drug-likeness (QED) is 0.646. The number of rotatable bonds is 3. The Balaban J connectivity index is 2.73. The van der Waals surface area contributed by atoms with Crippen LogP contribution in [0.5, 0.6) is 0 Å². The van der Waals surface area contributed by atoms with Gasteiger partial charge in [-0.25, -0.2) is 0 Å². The molecule has 3 heteroatoms. The predicted molar refractivity (Wildman–Crippen MR) is 44.3 cm³/mol. The Labute approximate surface area is 66.4 Å². The molecule has 3 nitrogen and oxygen atoms in total. The third-order valence-electron chi connectivity index (χ3n) is 1.83. The molecule has 0 fully saturated rings. The van der Waals surface area contributed by atoms with Gasteiger partial charge in [-0.05, 0) is 11.6 Å². The highest BCUT2D eigenvalue weighted by atomic mass is 16.3. The molecule has 0 aliphatic carbocycles. The number of hydrogen-bond acceptors (Lipinski definition) is 2. The van der Waals surface area contributed by atoms with Crippen molar-refractivity contribution in [1.82, 2.24) is 4.57 Å². The van der Waals surface area contributed by atoms with Crippen LogP contribution >= 0.6 is 0 Å². The van der Waals surface area contributed by atoms with Crippen molar-refractivity contribution < 1.29 is 5.11 Å². The zero-order valence-corrected chi connectivity index (χ0v) is 6.70. The van der Waals surface area contributed by atoms with Gasteiger partial charge in [-0.3, -0.25) is 0 Å². The molecular formula is C8H14N2O. The molecule has 62 valence electrons. The van der Waals surface area contributed by atoms with Crippen molar-refractivity contribution in [2.45, 2.75) is 5.92 Å². The molecule has 0 aliphatic heterocycles. The molecule has 0 bridgehead atoms. The van der Waals surface area contributed by atoms with Gasteiger partial charge in [0.1, 0.15) is 0 Å². The Bertz CT molecular complexity index is 216. The fourth-order valence-electron chi connectivity index (χ4n) is 1.08. The highest BCUT2D eigenvalue weighted by molar-refractivity contribution is 5.16. The number of aromatic nitrogens is 1. The zero-order valence-electron chi connectivity index (χ0n) is 6.70. The first-order valence-electron chi connectivity index (χ1n) is 3.70. The third kappa shape index (κ3) is 1.82. The van der Waals surface area contributed by atoms with Crippen LogP contribution in [0.4, 0.5) is 0 Å². The minimum absolute atomic E-state index is 0.0937. The maximum atomic E-state index is 8.90. The summed E-state index contributed by atoms with van der Waals surface area (Å²) in [5.74, 6) is 0.0937. The highest BCUT2D eigenvalue weighted by Gasteiger charge is 2.07. The fourth-order valence-corrected chi connectivity index (χ4v) is 1.08. The van der Waals surface area contributed by atoms with Crippen molar-refractivity contribution in [1.29, 1.82) is 0 Å². The van der Waals surface area contributed by atoms with Crippen LogP contribution < -0.4 is 5.73 Å². The predicted octanol–water partition coefficient (Wildman–Crippen LogP) is 0.0597. The van der Waals surface area contributed by atoms with Gasteiger partial charge in [-0.2, -0.15) is 0 Å². The maximum Gasteiger partial charge on any atom is 0.0512 e. The summed E-state index contributed by atoms with van der Waals surface area (Å²) in [6.45, 7) is 0.626. The minimum Gasteiger partial charge on any atom is -0.396 e. The summed E-state index contributed by atoms with van der Waals surface area (Å²) >= 11 is 0. The lowest BCUT2D eigenvalue weighted by atomic mass is 10.0. The third-order valence-corrected chi connectivity index (χ3v) is 1.83. The topological polar surface area (TPSA) is 51.2 Å². The van der Waals surface area contributed by atoms with Gasteiger partial charge in [0.05, 0.1) is 6.61 Å². The van der Waals surface area contributed by atoms with Crippen LogP contribution in [0, 0.1) is 0 Å². The zero-order chi connectivity index (χ0) is 8.27. The van der Waals surface area contributed by atoms with Crippen molar-refractivity contribution in [2.24, 2.45) is 12.8 Å². The van der Waals surface area contributed by atoms with E-state index in [1.807, 2.05) is 30.1 Å². The Hall–Kier alpha value is -0.800. The first-order chi connectivity index (χ1) is 5.27. The molecule has 0 aliphatic rings. The van der Waals surface area contributed by atoms with Gasteiger partial charge in [-0.1, -0.05) is 0 Å². The molecule has 0 spiro atoms. The summed E-state index contributed by atoms with van der Waals surface area (Å²) in [4.78, 5) is 0. The SMILES string of the molecule is Cn1ccc(C(CN)CO)c1. The van der Waals surface area contributed by atoms with Crippen molar-refractivity contribution in [2.75, 3.05) is 13.2 Å². The van der Waals surface area contributed by atoms with Crippen LogP contribution in [0.15, 0.2) is 18.5 Å². The van der Waals surface area contributed by atoms with Gasteiger partial charge >= 0.3 is 0 Å². The normalized spacial score (nSPS) is 13.4. The second-order valence-corrected chi connectivity index (χ2v) is 2.73.